The van der Waals surface area contributed by atoms with Gasteiger partial charge in [0, 0.05) is 37.5 Å². The maximum absolute atomic E-state index is 12.4. The summed E-state index contributed by atoms with van der Waals surface area (Å²) < 4.78 is 1.77. The Morgan fingerprint density at radius 1 is 1.46 bits per heavy atom. The van der Waals surface area contributed by atoms with E-state index in [-0.39, 0.29) is 11.7 Å². The van der Waals surface area contributed by atoms with E-state index in [1.54, 1.807) is 28.0 Å². The number of nitro benzene ring substituents is 1. The summed E-state index contributed by atoms with van der Waals surface area (Å²) in [6, 6.07) is 5.71. The van der Waals surface area contributed by atoms with E-state index < -0.39 is 4.92 Å². The number of carbonyl (C=O) groups excluding carboxylic acids is 1. The molecule has 126 valence electrons. The van der Waals surface area contributed by atoms with Gasteiger partial charge in [0.15, 0.2) is 0 Å². The number of urea groups is 1. The van der Waals surface area contributed by atoms with Crippen molar-refractivity contribution in [3.8, 4) is 0 Å². The third-order valence-corrected chi connectivity index (χ3v) is 4.03. The number of nitrogens with one attached hydrogen (secondary N) is 1. The van der Waals surface area contributed by atoms with Crippen molar-refractivity contribution in [2.45, 2.75) is 19.4 Å². The van der Waals surface area contributed by atoms with Gasteiger partial charge in [0.2, 0.25) is 0 Å². The number of nitrogens with zero attached hydrogens (tertiary/aromatic N) is 5. The Kier molecular flexibility index (Phi) is 4.69. The molecule has 1 N–H and O–H groups in total. The monoisotopic (exact) mass is 330 g/mol. The van der Waals surface area contributed by atoms with E-state index in [0.717, 1.165) is 19.4 Å². The highest BCUT2D eigenvalue weighted by Gasteiger charge is 2.24. The molecule has 1 atom stereocenters. The summed E-state index contributed by atoms with van der Waals surface area (Å²) >= 11 is 0. The van der Waals surface area contributed by atoms with E-state index in [4.69, 9.17) is 0 Å². The molecular formula is C15H18N6O3. The quantitative estimate of drug-likeness (QED) is 0.683. The predicted octanol–water partition coefficient (Wildman–Crippen LogP) is 2.13. The molecule has 1 aromatic carbocycles. The van der Waals surface area contributed by atoms with E-state index in [1.165, 1.54) is 18.5 Å². The van der Waals surface area contributed by atoms with Crippen molar-refractivity contribution < 1.29 is 9.72 Å². The van der Waals surface area contributed by atoms with Gasteiger partial charge >= 0.3 is 6.03 Å². The van der Waals surface area contributed by atoms with Gasteiger partial charge in [-0.3, -0.25) is 14.8 Å². The zero-order valence-electron chi connectivity index (χ0n) is 13.0. The van der Waals surface area contributed by atoms with Gasteiger partial charge in [-0.25, -0.2) is 9.78 Å². The number of piperidine rings is 1. The highest BCUT2D eigenvalue weighted by Crippen LogP contribution is 2.21. The summed E-state index contributed by atoms with van der Waals surface area (Å²) in [5.74, 6) is 0.316. The van der Waals surface area contributed by atoms with Gasteiger partial charge in [-0.1, -0.05) is 6.07 Å². The summed E-state index contributed by atoms with van der Waals surface area (Å²) in [5.41, 5.74) is 0.378. The lowest BCUT2D eigenvalue weighted by Crippen LogP contribution is -2.43. The van der Waals surface area contributed by atoms with Crippen LogP contribution in [0.15, 0.2) is 36.9 Å². The van der Waals surface area contributed by atoms with Gasteiger partial charge < -0.3 is 10.2 Å². The second kappa shape index (κ2) is 7.07. The Morgan fingerprint density at radius 3 is 3.08 bits per heavy atom. The Bertz CT molecular complexity index is 718. The number of non-ortho nitro benzene ring substituents is 1. The Morgan fingerprint density at radius 2 is 2.33 bits per heavy atom. The van der Waals surface area contributed by atoms with Crippen LogP contribution in [-0.2, 0) is 6.54 Å². The van der Waals surface area contributed by atoms with Crippen LogP contribution in [0.4, 0.5) is 16.2 Å². The van der Waals surface area contributed by atoms with Crippen LogP contribution in [0.25, 0.3) is 0 Å². The molecule has 0 bridgehead atoms. The first-order valence-electron chi connectivity index (χ1n) is 7.74. The van der Waals surface area contributed by atoms with E-state index >= 15 is 0 Å². The minimum Gasteiger partial charge on any atom is -0.324 e. The van der Waals surface area contributed by atoms with Crippen LogP contribution in [-0.4, -0.2) is 43.7 Å². The molecule has 9 heteroatoms. The highest BCUT2D eigenvalue weighted by molar-refractivity contribution is 5.89. The van der Waals surface area contributed by atoms with Crippen molar-refractivity contribution in [2.24, 2.45) is 5.92 Å². The maximum atomic E-state index is 12.4. The number of anilines is 1. The Labute approximate surface area is 138 Å². The summed E-state index contributed by atoms with van der Waals surface area (Å²) in [6.07, 6.45) is 5.11. The molecule has 2 heterocycles. The van der Waals surface area contributed by atoms with Crippen LogP contribution in [0.1, 0.15) is 12.8 Å². The van der Waals surface area contributed by atoms with Crippen LogP contribution in [0.3, 0.4) is 0 Å². The maximum Gasteiger partial charge on any atom is 0.321 e. The average molecular weight is 330 g/mol. The summed E-state index contributed by atoms with van der Waals surface area (Å²) in [7, 11) is 0. The number of nitro groups is 1. The molecule has 2 aromatic rings. The number of aromatic nitrogens is 3. The molecule has 24 heavy (non-hydrogen) atoms. The van der Waals surface area contributed by atoms with Gasteiger partial charge in [0.05, 0.1) is 4.92 Å². The van der Waals surface area contributed by atoms with Gasteiger partial charge in [-0.15, -0.1) is 0 Å². The second-order valence-corrected chi connectivity index (χ2v) is 5.81. The molecule has 0 radical (unpaired) electrons. The van der Waals surface area contributed by atoms with Crippen LogP contribution < -0.4 is 5.32 Å². The van der Waals surface area contributed by atoms with Gasteiger partial charge in [0.25, 0.3) is 5.69 Å². The van der Waals surface area contributed by atoms with E-state index in [0.29, 0.717) is 24.7 Å². The minimum atomic E-state index is -0.481. The third-order valence-electron chi connectivity index (χ3n) is 4.03. The zero-order chi connectivity index (χ0) is 16.9. The lowest BCUT2D eigenvalue weighted by molar-refractivity contribution is -0.384. The summed E-state index contributed by atoms with van der Waals surface area (Å²) in [4.78, 5) is 28.4. The van der Waals surface area contributed by atoms with Crippen molar-refractivity contribution in [1.82, 2.24) is 19.7 Å². The van der Waals surface area contributed by atoms with E-state index in [1.807, 2.05) is 0 Å². The summed E-state index contributed by atoms with van der Waals surface area (Å²) in [5, 5.41) is 17.6. The standard InChI is InChI=1S/C15H18N6O3/c22-15(18-13-4-1-5-14(7-13)21(23)24)19-6-2-3-12(8-19)9-20-11-16-10-17-20/h1,4-5,7,10-12H,2-3,6,8-9H2,(H,18,22)/t12-/m1/s1. The SMILES string of the molecule is O=C(Nc1cccc([N+](=O)[O-])c1)N1CCC[C@@H](Cn2cncn2)C1. The Hall–Kier alpha value is -2.97. The average Bonchev–Trinajstić information content (AvgIpc) is 3.08. The first kappa shape index (κ1) is 15.9. The minimum absolute atomic E-state index is 0.0458. The Balaban J connectivity index is 1.60. The summed E-state index contributed by atoms with van der Waals surface area (Å²) in [6.45, 7) is 2.02. The number of benzene rings is 1. The molecular weight excluding hydrogens is 312 g/mol. The highest BCUT2D eigenvalue weighted by atomic mass is 16.6. The lowest BCUT2D eigenvalue weighted by atomic mass is 9.98. The van der Waals surface area contributed by atoms with E-state index in [2.05, 4.69) is 15.4 Å². The largest absolute Gasteiger partial charge is 0.324 e. The molecule has 9 nitrogen and oxygen atoms in total. The molecule has 1 aliphatic heterocycles. The topological polar surface area (TPSA) is 106 Å². The van der Waals surface area contributed by atoms with Gasteiger partial charge in [-0.2, -0.15) is 5.10 Å². The first-order chi connectivity index (χ1) is 11.6. The van der Waals surface area contributed by atoms with Crippen molar-refractivity contribution in [1.29, 1.82) is 0 Å². The van der Waals surface area contributed by atoms with Crippen LogP contribution in [0, 0.1) is 16.0 Å². The second-order valence-electron chi connectivity index (χ2n) is 5.81. The molecule has 0 unspecified atom stereocenters. The third kappa shape index (κ3) is 3.86. The fourth-order valence-electron chi connectivity index (χ4n) is 2.89. The van der Waals surface area contributed by atoms with Crippen molar-refractivity contribution >= 4 is 17.4 Å². The first-order valence-corrected chi connectivity index (χ1v) is 7.74. The molecule has 1 aromatic heterocycles. The fourth-order valence-corrected chi connectivity index (χ4v) is 2.89. The zero-order valence-corrected chi connectivity index (χ0v) is 13.0. The van der Waals surface area contributed by atoms with Crippen LogP contribution in [0.5, 0.6) is 0 Å². The number of carbonyl (C=O) groups is 1. The van der Waals surface area contributed by atoms with Gasteiger partial charge in [0.1, 0.15) is 12.7 Å². The fraction of sp³-hybridized carbons (Fsp3) is 0.400. The number of hydrogen-bond acceptors (Lipinski definition) is 5. The molecule has 0 spiro atoms. The molecule has 0 saturated carbocycles. The molecule has 0 aliphatic carbocycles. The lowest BCUT2D eigenvalue weighted by Gasteiger charge is -2.32. The number of likely N-dealkylation sites (tertiary alicyclic amines) is 1. The number of hydrogen-bond donors (Lipinski definition) is 1. The van der Waals surface area contributed by atoms with Crippen LogP contribution >= 0.6 is 0 Å². The molecule has 3 rings (SSSR count). The molecule has 1 fully saturated rings. The van der Waals surface area contributed by atoms with Crippen molar-refractivity contribution in [3.63, 3.8) is 0 Å². The van der Waals surface area contributed by atoms with Gasteiger partial charge in [-0.05, 0) is 24.8 Å². The van der Waals surface area contributed by atoms with Crippen LogP contribution in [0.2, 0.25) is 0 Å². The smallest absolute Gasteiger partial charge is 0.321 e. The molecule has 2 amide bonds. The van der Waals surface area contributed by atoms with E-state index in [9.17, 15) is 14.9 Å². The number of amides is 2. The molecule has 1 aliphatic rings. The predicted molar refractivity (Wildman–Crippen MR) is 86.4 cm³/mol. The number of rotatable bonds is 4. The molecule has 1 saturated heterocycles. The normalized spacial score (nSPS) is 17.5. The van der Waals surface area contributed by atoms with Crippen molar-refractivity contribution in [2.75, 3.05) is 18.4 Å². The van der Waals surface area contributed by atoms with Crippen molar-refractivity contribution in [3.05, 3.63) is 47.0 Å².